The van der Waals surface area contributed by atoms with Gasteiger partial charge in [-0.15, -0.1) is 0 Å². The van der Waals surface area contributed by atoms with Crippen molar-refractivity contribution in [3.8, 4) is 0 Å². The van der Waals surface area contributed by atoms with Crippen LogP contribution in [0.1, 0.15) is 166 Å². The SMILES string of the molecule is [2H]C([2H])([2H])c1cc2c3c(c1)N(c1ccc4c(c1)C(C)(C)CCC4(C)C)c1cc4c(cc1B3c1ccc(N(c3ccc(C(C)(C)C)cc3)c3ccc(C(C)(C)C)cc3)cc1N2c1ccc2oc3ccccc3c2c1)C(C)(C)CCC4(C)C. The molecule has 4 nitrogen and oxygen atoms in total. The van der Waals surface area contributed by atoms with Gasteiger partial charge in [-0.2, -0.15) is 0 Å². The number of fused-ring (bicyclic) bond motifs is 9. The van der Waals surface area contributed by atoms with E-state index >= 15 is 0 Å². The summed E-state index contributed by atoms with van der Waals surface area (Å²) in [6.45, 7) is 30.2. The molecular weight excluding hydrogens is 946 g/mol. The van der Waals surface area contributed by atoms with Crippen molar-refractivity contribution in [2.24, 2.45) is 0 Å². The first-order valence-electron chi connectivity index (χ1n) is 30.2. The Morgan fingerprint density at radius 3 is 1.51 bits per heavy atom. The molecule has 0 fully saturated rings. The number of rotatable bonds is 5. The van der Waals surface area contributed by atoms with Crippen LogP contribution >= 0.6 is 0 Å². The van der Waals surface area contributed by atoms with Crippen LogP contribution in [0.2, 0.25) is 0 Å². The van der Waals surface area contributed by atoms with Crippen LogP contribution in [0.5, 0.6) is 0 Å². The molecule has 0 unspecified atom stereocenters. The highest BCUT2D eigenvalue weighted by atomic mass is 16.3. The third-order valence-electron chi connectivity index (χ3n) is 19.0. The fourth-order valence-electron chi connectivity index (χ4n) is 14.0. The largest absolute Gasteiger partial charge is 0.456 e. The molecule has 0 saturated carbocycles. The van der Waals surface area contributed by atoms with E-state index in [9.17, 15) is 4.11 Å². The number of aryl methyl sites for hydroxylation is 1. The molecular formula is C73H78BN3O. The van der Waals surface area contributed by atoms with E-state index in [4.69, 9.17) is 4.42 Å². The lowest BCUT2D eigenvalue weighted by Crippen LogP contribution is -2.62. The van der Waals surface area contributed by atoms with Crippen molar-refractivity contribution in [3.63, 3.8) is 0 Å². The number of benzene rings is 8. The van der Waals surface area contributed by atoms with Crippen LogP contribution in [0.25, 0.3) is 21.9 Å². The van der Waals surface area contributed by atoms with E-state index in [0.717, 1.165) is 104 Å². The Morgan fingerprint density at radius 1 is 0.449 bits per heavy atom. The molecule has 0 N–H and O–H groups in total. The van der Waals surface area contributed by atoms with Crippen molar-refractivity contribution in [2.45, 2.75) is 162 Å². The fourth-order valence-corrected chi connectivity index (χ4v) is 14.0. The van der Waals surface area contributed by atoms with E-state index in [1.165, 1.54) is 44.3 Å². The van der Waals surface area contributed by atoms with Crippen LogP contribution in [-0.4, -0.2) is 6.71 Å². The van der Waals surface area contributed by atoms with Gasteiger partial charge in [0.2, 0.25) is 0 Å². The molecule has 13 rings (SSSR count). The molecule has 0 saturated heterocycles. The first kappa shape index (κ1) is 47.1. The highest BCUT2D eigenvalue weighted by Gasteiger charge is 2.47. The minimum absolute atomic E-state index is 0.0191. The maximum atomic E-state index is 9.34. The van der Waals surface area contributed by atoms with Crippen LogP contribution in [0.3, 0.4) is 0 Å². The van der Waals surface area contributed by atoms with Gasteiger partial charge in [0.15, 0.2) is 0 Å². The highest BCUT2D eigenvalue weighted by molar-refractivity contribution is 7.00. The first-order valence-corrected chi connectivity index (χ1v) is 28.7. The summed E-state index contributed by atoms with van der Waals surface area (Å²) in [5, 5.41) is 2.04. The van der Waals surface area contributed by atoms with Gasteiger partial charge >= 0.3 is 0 Å². The van der Waals surface area contributed by atoms with Crippen LogP contribution in [0.4, 0.5) is 51.2 Å². The minimum atomic E-state index is -2.43. The Balaban J connectivity index is 1.14. The molecule has 78 heavy (non-hydrogen) atoms. The lowest BCUT2D eigenvalue weighted by molar-refractivity contribution is 0.332. The topological polar surface area (TPSA) is 22.9 Å². The molecule has 2 aliphatic heterocycles. The van der Waals surface area contributed by atoms with Gasteiger partial charge in [0, 0.05) is 66.1 Å². The van der Waals surface area contributed by atoms with Crippen LogP contribution in [0.15, 0.2) is 156 Å². The molecule has 394 valence electrons. The second-order valence-electron chi connectivity index (χ2n) is 28.2. The summed E-state index contributed by atoms with van der Waals surface area (Å²) in [5.41, 5.74) is 22.3. The molecule has 4 aliphatic rings. The summed E-state index contributed by atoms with van der Waals surface area (Å²) in [6, 6.07) is 56.3. The molecule has 0 bridgehead atoms. The van der Waals surface area contributed by atoms with E-state index < -0.39 is 6.85 Å². The Labute approximate surface area is 469 Å². The Morgan fingerprint density at radius 2 is 0.936 bits per heavy atom. The molecule has 0 radical (unpaired) electrons. The summed E-state index contributed by atoms with van der Waals surface area (Å²) in [5.74, 6) is 0. The molecule has 2 aliphatic carbocycles. The summed E-state index contributed by atoms with van der Waals surface area (Å²) >= 11 is 0. The number of anilines is 9. The van der Waals surface area contributed by atoms with Crippen molar-refractivity contribution < 1.29 is 8.53 Å². The van der Waals surface area contributed by atoms with Gasteiger partial charge in [-0.25, -0.2) is 0 Å². The van der Waals surface area contributed by atoms with E-state index in [0.29, 0.717) is 5.56 Å². The summed E-state index contributed by atoms with van der Waals surface area (Å²) < 4.78 is 34.5. The molecule has 8 aromatic carbocycles. The minimum Gasteiger partial charge on any atom is -0.456 e. The van der Waals surface area contributed by atoms with E-state index in [2.05, 4.69) is 239 Å². The Kier molecular flexibility index (Phi) is 10.3. The van der Waals surface area contributed by atoms with Gasteiger partial charge in [0.1, 0.15) is 11.2 Å². The molecule has 0 atom stereocenters. The van der Waals surface area contributed by atoms with Gasteiger partial charge < -0.3 is 19.1 Å². The third-order valence-corrected chi connectivity index (χ3v) is 19.0. The van der Waals surface area contributed by atoms with Crippen molar-refractivity contribution in [1.29, 1.82) is 0 Å². The quantitative estimate of drug-likeness (QED) is 0.160. The summed E-state index contributed by atoms with van der Waals surface area (Å²) in [4.78, 5) is 7.23. The zero-order valence-corrected chi connectivity index (χ0v) is 48.6. The van der Waals surface area contributed by atoms with Crippen molar-refractivity contribution >= 4 is 96.2 Å². The van der Waals surface area contributed by atoms with E-state index in [-0.39, 0.29) is 39.2 Å². The maximum Gasteiger partial charge on any atom is 0.252 e. The summed E-state index contributed by atoms with van der Waals surface area (Å²) in [6.07, 6.45) is 4.36. The predicted molar refractivity (Wildman–Crippen MR) is 335 cm³/mol. The molecule has 3 heterocycles. The van der Waals surface area contributed by atoms with Crippen LogP contribution < -0.4 is 31.1 Å². The number of para-hydroxylation sites is 1. The van der Waals surface area contributed by atoms with Gasteiger partial charge in [-0.1, -0.05) is 158 Å². The third kappa shape index (κ3) is 7.90. The lowest BCUT2D eigenvalue weighted by Gasteiger charge is -2.48. The Bertz CT molecular complexity index is 3980. The lowest BCUT2D eigenvalue weighted by atomic mass is 9.33. The monoisotopic (exact) mass is 1030 g/mol. The number of furan rings is 1. The number of nitrogens with zero attached hydrogens (tertiary/aromatic N) is 3. The fraction of sp³-hybridized carbons (Fsp3) is 0.342. The predicted octanol–water partition coefficient (Wildman–Crippen LogP) is 18.7. The maximum absolute atomic E-state index is 9.34. The van der Waals surface area contributed by atoms with Crippen molar-refractivity contribution in [1.82, 2.24) is 0 Å². The van der Waals surface area contributed by atoms with Crippen molar-refractivity contribution in [2.75, 3.05) is 14.7 Å². The second-order valence-corrected chi connectivity index (χ2v) is 28.2. The molecule has 9 aromatic rings. The zero-order chi connectivity index (χ0) is 57.3. The van der Waals surface area contributed by atoms with Gasteiger partial charge in [0.05, 0.1) is 0 Å². The Hall–Kier alpha value is -6.98. The van der Waals surface area contributed by atoms with Crippen molar-refractivity contribution in [3.05, 3.63) is 191 Å². The average molecular weight is 1030 g/mol. The van der Waals surface area contributed by atoms with Crippen LogP contribution in [-0.2, 0) is 32.5 Å². The van der Waals surface area contributed by atoms with E-state index in [1.807, 2.05) is 24.3 Å². The standard InChI is InChI=1S/C73H78BN3O/c1-45-38-63-67-64(39-45)77(51-28-31-55-56(41-51)71(10,11)35-34-70(55,8)9)62-44-58-57(72(12,13)36-37-73(58,14)15)43-60(62)74(67)59-32-29-52(42-61(59)76(63)50-30-33-66-54(40-50)53-18-16-17-19-65(53)78-66)75(48-24-20-46(21-25-48)68(2,3)4)49-26-22-47(23-27-49)69(5,6)7/h16-33,38-44H,34-37H2,1-15H3/i1D3. The first-order chi connectivity index (χ1) is 38.0. The molecule has 0 spiro atoms. The highest BCUT2D eigenvalue weighted by Crippen LogP contribution is 2.53. The van der Waals surface area contributed by atoms with Gasteiger partial charge in [-0.3, -0.25) is 0 Å². The second kappa shape index (κ2) is 17.0. The summed E-state index contributed by atoms with van der Waals surface area (Å²) in [7, 11) is 0. The molecule has 5 heteroatoms. The van der Waals surface area contributed by atoms with Gasteiger partial charge in [0.25, 0.3) is 6.71 Å². The normalized spacial score (nSPS) is 18.3. The van der Waals surface area contributed by atoms with Gasteiger partial charge in [-0.05, 0) is 211 Å². The van der Waals surface area contributed by atoms with Crippen LogP contribution in [0, 0.1) is 6.85 Å². The number of hydrogen-bond acceptors (Lipinski definition) is 4. The smallest absolute Gasteiger partial charge is 0.252 e. The average Bonchev–Trinajstić information content (AvgIpc) is 3.75. The van der Waals surface area contributed by atoms with E-state index in [1.54, 1.807) is 0 Å². The zero-order valence-electron chi connectivity index (χ0n) is 51.6. The number of hydrogen-bond donors (Lipinski definition) is 0. The molecule has 0 amide bonds. The molecule has 1 aromatic heterocycles.